The highest BCUT2D eigenvalue weighted by atomic mass is 35.5. The molecule has 6 heteroatoms. The van der Waals surface area contributed by atoms with Crippen LogP contribution in [-0.2, 0) is 13.6 Å². The molecule has 1 aromatic heterocycles. The molecular weight excluding hydrogens is 264 g/mol. The zero-order valence-electron chi connectivity index (χ0n) is 10.2. The second-order valence-electron chi connectivity index (χ2n) is 4.04. The number of halogens is 1. The van der Waals surface area contributed by atoms with Crippen molar-refractivity contribution in [2.75, 3.05) is 0 Å². The van der Waals surface area contributed by atoms with Gasteiger partial charge in [-0.3, -0.25) is 19.3 Å². The fourth-order valence-corrected chi connectivity index (χ4v) is 1.98. The number of benzene rings is 1. The van der Waals surface area contributed by atoms with Crippen LogP contribution >= 0.6 is 11.6 Å². The van der Waals surface area contributed by atoms with Crippen LogP contribution in [0.1, 0.15) is 11.1 Å². The Morgan fingerprint density at radius 2 is 2.11 bits per heavy atom. The molecule has 0 amide bonds. The number of aromatic nitrogens is 2. The molecule has 1 aromatic carbocycles. The maximum atomic E-state index is 11.5. The summed E-state index contributed by atoms with van der Waals surface area (Å²) in [4.78, 5) is 11.5. The van der Waals surface area contributed by atoms with Gasteiger partial charge in [0.15, 0.2) is 0 Å². The average molecular weight is 275 g/mol. The zero-order chi connectivity index (χ0) is 14.0. The van der Waals surface area contributed by atoms with E-state index >= 15 is 0 Å². The van der Waals surface area contributed by atoms with Crippen molar-refractivity contribution in [1.29, 1.82) is 10.7 Å². The van der Waals surface area contributed by atoms with Crippen LogP contribution in [0.3, 0.4) is 0 Å². The smallest absolute Gasteiger partial charge is 0.256 e. The van der Waals surface area contributed by atoms with E-state index in [-0.39, 0.29) is 22.9 Å². The van der Waals surface area contributed by atoms with Gasteiger partial charge < -0.3 is 0 Å². The summed E-state index contributed by atoms with van der Waals surface area (Å²) in [5.74, 6) is 0. The Morgan fingerprint density at radius 3 is 2.79 bits per heavy atom. The van der Waals surface area contributed by atoms with Crippen LogP contribution in [0.15, 0.2) is 35.1 Å². The van der Waals surface area contributed by atoms with Gasteiger partial charge >= 0.3 is 0 Å². The second kappa shape index (κ2) is 5.12. The highest BCUT2D eigenvalue weighted by Gasteiger charge is 2.08. The van der Waals surface area contributed by atoms with Crippen molar-refractivity contribution in [3.8, 4) is 6.07 Å². The number of nitrogens with zero attached hydrogens (tertiary/aromatic N) is 3. The maximum Gasteiger partial charge on any atom is 0.256 e. The summed E-state index contributed by atoms with van der Waals surface area (Å²) in [6, 6.07) is 10.4. The molecule has 1 N–H and O–H groups in total. The van der Waals surface area contributed by atoms with Gasteiger partial charge in [0.2, 0.25) is 5.62 Å². The highest BCUT2D eigenvalue weighted by molar-refractivity contribution is 6.29. The van der Waals surface area contributed by atoms with Gasteiger partial charge in [0.1, 0.15) is 5.15 Å². The number of nitriles is 1. The first-order valence-electron chi connectivity index (χ1n) is 5.53. The molecule has 5 nitrogen and oxygen atoms in total. The van der Waals surface area contributed by atoms with Gasteiger partial charge in [-0.05, 0) is 11.6 Å². The predicted octanol–water partition coefficient (Wildman–Crippen LogP) is 1.24. The first kappa shape index (κ1) is 13.1. The molecule has 0 radical (unpaired) electrons. The third kappa shape index (κ3) is 2.44. The Hall–Kier alpha value is -2.32. The molecule has 0 aliphatic heterocycles. The summed E-state index contributed by atoms with van der Waals surface area (Å²) < 4.78 is 2.67. The van der Waals surface area contributed by atoms with Crippen LogP contribution < -0.4 is 11.2 Å². The molecule has 0 aliphatic carbocycles. The largest absolute Gasteiger partial charge is 0.298 e. The quantitative estimate of drug-likeness (QED) is 0.837. The lowest BCUT2D eigenvalue weighted by Crippen LogP contribution is -2.38. The van der Waals surface area contributed by atoms with E-state index in [1.807, 2.05) is 6.07 Å². The summed E-state index contributed by atoms with van der Waals surface area (Å²) in [6.07, 6.45) is 0. The number of nitrogens with one attached hydrogen (secondary N) is 1. The van der Waals surface area contributed by atoms with E-state index in [0.29, 0.717) is 5.56 Å². The van der Waals surface area contributed by atoms with Gasteiger partial charge in [0, 0.05) is 13.1 Å². The van der Waals surface area contributed by atoms with Crippen LogP contribution in [0.25, 0.3) is 0 Å². The highest BCUT2D eigenvalue weighted by Crippen LogP contribution is 2.11. The van der Waals surface area contributed by atoms with Crippen LogP contribution in [0.5, 0.6) is 0 Å². The van der Waals surface area contributed by atoms with Crippen molar-refractivity contribution in [3.05, 3.63) is 62.6 Å². The van der Waals surface area contributed by atoms with E-state index in [1.165, 1.54) is 22.2 Å². The minimum absolute atomic E-state index is 0.00903. The summed E-state index contributed by atoms with van der Waals surface area (Å²) >= 11 is 6.00. The summed E-state index contributed by atoms with van der Waals surface area (Å²) in [6.45, 7) is 0.273. The molecule has 19 heavy (non-hydrogen) atoms. The summed E-state index contributed by atoms with van der Waals surface area (Å²) in [5, 5.41) is 17.1. The molecule has 0 bridgehead atoms. The van der Waals surface area contributed by atoms with Crippen LogP contribution in [0.4, 0.5) is 0 Å². The van der Waals surface area contributed by atoms with E-state index in [1.54, 1.807) is 18.2 Å². The molecule has 96 valence electrons. The fraction of sp³-hybridized carbons (Fsp3) is 0.154. The third-order valence-corrected chi connectivity index (χ3v) is 3.18. The number of rotatable bonds is 2. The van der Waals surface area contributed by atoms with Crippen molar-refractivity contribution < 1.29 is 0 Å². The van der Waals surface area contributed by atoms with E-state index in [9.17, 15) is 4.79 Å². The van der Waals surface area contributed by atoms with Crippen molar-refractivity contribution >= 4 is 11.6 Å². The average Bonchev–Trinajstić information content (AvgIpc) is 2.41. The second-order valence-corrected chi connectivity index (χ2v) is 4.43. The molecular formula is C13H11ClN4O. The van der Waals surface area contributed by atoms with Gasteiger partial charge in [-0.15, -0.1) is 0 Å². The van der Waals surface area contributed by atoms with Gasteiger partial charge in [0.05, 0.1) is 18.2 Å². The lowest BCUT2D eigenvalue weighted by atomic mass is 10.1. The van der Waals surface area contributed by atoms with E-state index in [2.05, 4.69) is 6.07 Å². The van der Waals surface area contributed by atoms with E-state index in [4.69, 9.17) is 22.3 Å². The molecule has 0 atom stereocenters. The summed E-state index contributed by atoms with van der Waals surface area (Å²) in [7, 11) is 1.51. The zero-order valence-corrected chi connectivity index (χ0v) is 11.0. The van der Waals surface area contributed by atoms with Crippen molar-refractivity contribution in [2.24, 2.45) is 7.05 Å². The van der Waals surface area contributed by atoms with Crippen LogP contribution in [0.2, 0.25) is 5.15 Å². The molecule has 1 heterocycles. The van der Waals surface area contributed by atoms with Crippen molar-refractivity contribution in [3.63, 3.8) is 0 Å². The van der Waals surface area contributed by atoms with E-state index < -0.39 is 0 Å². The normalized spacial score (nSPS) is 10.2. The van der Waals surface area contributed by atoms with Crippen LogP contribution in [0, 0.1) is 16.7 Å². The van der Waals surface area contributed by atoms with Gasteiger partial charge in [-0.1, -0.05) is 29.8 Å². The Labute approximate surface area is 114 Å². The Bertz CT molecular complexity index is 782. The van der Waals surface area contributed by atoms with Gasteiger partial charge in [-0.25, -0.2) is 0 Å². The van der Waals surface area contributed by atoms with Crippen molar-refractivity contribution in [1.82, 2.24) is 9.13 Å². The molecule has 2 rings (SSSR count). The van der Waals surface area contributed by atoms with Gasteiger partial charge in [-0.2, -0.15) is 5.26 Å². The Morgan fingerprint density at radius 1 is 1.42 bits per heavy atom. The number of hydrogen-bond donors (Lipinski definition) is 1. The van der Waals surface area contributed by atoms with Gasteiger partial charge in [0.25, 0.3) is 5.56 Å². The fourth-order valence-electron chi connectivity index (χ4n) is 1.75. The molecule has 0 aliphatic rings. The van der Waals surface area contributed by atoms with Crippen molar-refractivity contribution in [2.45, 2.75) is 6.54 Å². The predicted molar refractivity (Wildman–Crippen MR) is 70.8 cm³/mol. The first-order chi connectivity index (χ1) is 9.04. The topological polar surface area (TPSA) is 74.6 Å². The standard InChI is InChI=1S/C13H11ClN4O/c1-17-12(19)6-11(14)18(13(17)16)8-10-5-3-2-4-9(10)7-15/h2-6,16H,8H2,1H3. The number of hydrogen-bond acceptors (Lipinski definition) is 3. The minimum Gasteiger partial charge on any atom is -0.298 e. The van der Waals surface area contributed by atoms with E-state index in [0.717, 1.165) is 5.56 Å². The molecule has 0 spiro atoms. The molecule has 0 saturated heterocycles. The van der Waals surface area contributed by atoms with Crippen LogP contribution in [-0.4, -0.2) is 9.13 Å². The third-order valence-electron chi connectivity index (χ3n) is 2.87. The molecule has 2 aromatic rings. The maximum absolute atomic E-state index is 11.5. The minimum atomic E-state index is -0.334. The lowest BCUT2D eigenvalue weighted by Gasteiger charge is -2.12. The summed E-state index contributed by atoms with van der Waals surface area (Å²) in [5.41, 5.74) is 0.938. The Balaban J connectivity index is 2.57. The monoisotopic (exact) mass is 274 g/mol. The SMILES string of the molecule is Cn1c(=O)cc(Cl)n(Cc2ccccc2C#N)c1=N. The lowest BCUT2D eigenvalue weighted by molar-refractivity contribution is 0.612. The Kier molecular flexibility index (Phi) is 3.54. The molecule has 0 saturated carbocycles. The molecule has 0 fully saturated rings. The molecule has 0 unspecified atom stereocenters. The first-order valence-corrected chi connectivity index (χ1v) is 5.91.